The number of morpholine rings is 1. The van der Waals surface area contributed by atoms with Crippen LogP contribution in [0.2, 0.25) is 0 Å². The zero-order valence-electron chi connectivity index (χ0n) is 18.3. The summed E-state index contributed by atoms with van der Waals surface area (Å²) >= 11 is 0. The number of hydrogen-bond donors (Lipinski definition) is 0. The Balaban J connectivity index is 1.34. The summed E-state index contributed by atoms with van der Waals surface area (Å²) in [5.41, 5.74) is 3.31. The Kier molecular flexibility index (Phi) is 6.03. The summed E-state index contributed by atoms with van der Waals surface area (Å²) in [5.74, 6) is 0.212. The minimum atomic E-state index is -0.644. The van der Waals surface area contributed by atoms with E-state index in [4.69, 9.17) is 14.5 Å². The van der Waals surface area contributed by atoms with Crippen LogP contribution in [0.5, 0.6) is 5.75 Å². The average Bonchev–Trinajstić information content (AvgIpc) is 3.29. The molecule has 1 saturated heterocycles. The van der Waals surface area contributed by atoms with Gasteiger partial charge in [-0.2, -0.15) is 0 Å². The Bertz CT molecular complexity index is 1330. The van der Waals surface area contributed by atoms with Gasteiger partial charge in [-0.3, -0.25) is 15.0 Å². The number of ether oxygens (including phenoxy) is 2. The third kappa shape index (κ3) is 4.66. The molecule has 1 aliphatic heterocycles. The van der Waals surface area contributed by atoms with Gasteiger partial charge in [-0.15, -0.1) is 0 Å². The first-order valence-electron chi connectivity index (χ1n) is 10.9. The van der Waals surface area contributed by atoms with Gasteiger partial charge in [0, 0.05) is 48.9 Å². The van der Waals surface area contributed by atoms with Crippen LogP contribution in [0.4, 0.5) is 10.5 Å². The SMILES string of the molecule is O=C(Oc1ccc([N+](=O)[O-])cc1)n1ccc2ccc(-c3ccc(CN4CCOCC4)cc3)nc21. The van der Waals surface area contributed by atoms with Crippen molar-refractivity contribution in [3.05, 3.63) is 88.6 Å². The molecule has 0 unspecified atom stereocenters. The quantitative estimate of drug-likeness (QED) is 0.321. The van der Waals surface area contributed by atoms with E-state index in [0.717, 1.165) is 49.5 Å². The van der Waals surface area contributed by atoms with Crippen LogP contribution >= 0.6 is 0 Å². The molecule has 9 nitrogen and oxygen atoms in total. The second-order valence-corrected chi connectivity index (χ2v) is 8.00. The van der Waals surface area contributed by atoms with Gasteiger partial charge in [0.05, 0.1) is 23.8 Å². The molecular formula is C25H22N4O5. The summed E-state index contributed by atoms with van der Waals surface area (Å²) in [6.45, 7) is 4.30. The van der Waals surface area contributed by atoms with Gasteiger partial charge >= 0.3 is 6.09 Å². The van der Waals surface area contributed by atoms with E-state index >= 15 is 0 Å². The fourth-order valence-corrected chi connectivity index (χ4v) is 3.90. The standard InChI is InChI=1S/C25H22N4O5/c30-25(34-22-8-6-21(7-9-22)29(31)32)28-12-11-20-5-10-23(26-24(20)28)19-3-1-18(2-4-19)17-27-13-15-33-16-14-27/h1-12H,13-17H2. The summed E-state index contributed by atoms with van der Waals surface area (Å²) in [6.07, 6.45) is 0.954. The molecule has 0 aliphatic carbocycles. The first-order valence-corrected chi connectivity index (χ1v) is 10.9. The molecule has 2 aromatic carbocycles. The number of carbonyl (C=O) groups is 1. The predicted octanol–water partition coefficient (Wildman–Crippen LogP) is 4.49. The minimum absolute atomic E-state index is 0.0755. The lowest BCUT2D eigenvalue weighted by Gasteiger charge is -2.26. The molecule has 1 fully saturated rings. The third-order valence-corrected chi connectivity index (χ3v) is 5.75. The Morgan fingerprint density at radius 1 is 1.00 bits per heavy atom. The molecule has 172 valence electrons. The van der Waals surface area contributed by atoms with Gasteiger partial charge in [0.25, 0.3) is 5.69 Å². The number of hydrogen-bond acceptors (Lipinski definition) is 7. The molecule has 0 bridgehead atoms. The monoisotopic (exact) mass is 458 g/mol. The second-order valence-electron chi connectivity index (χ2n) is 8.00. The molecule has 0 saturated carbocycles. The number of carbonyl (C=O) groups excluding carboxylic acids is 1. The topological polar surface area (TPSA) is 99.7 Å². The number of nitro benzene ring substituents is 1. The average molecular weight is 458 g/mol. The maximum Gasteiger partial charge on any atom is 0.425 e. The van der Waals surface area contributed by atoms with E-state index in [-0.39, 0.29) is 11.4 Å². The molecule has 0 spiro atoms. The first kappa shape index (κ1) is 21.7. The van der Waals surface area contributed by atoms with Gasteiger partial charge in [0.1, 0.15) is 11.4 Å². The van der Waals surface area contributed by atoms with Gasteiger partial charge in [-0.1, -0.05) is 24.3 Å². The van der Waals surface area contributed by atoms with Crippen LogP contribution in [-0.4, -0.2) is 51.8 Å². The zero-order chi connectivity index (χ0) is 23.5. The lowest BCUT2D eigenvalue weighted by Crippen LogP contribution is -2.35. The van der Waals surface area contributed by atoms with E-state index in [0.29, 0.717) is 5.65 Å². The van der Waals surface area contributed by atoms with Crippen molar-refractivity contribution in [2.24, 2.45) is 0 Å². The summed E-state index contributed by atoms with van der Waals surface area (Å²) in [6, 6.07) is 19.2. The molecular weight excluding hydrogens is 436 g/mol. The van der Waals surface area contributed by atoms with E-state index in [9.17, 15) is 14.9 Å². The number of pyridine rings is 1. The molecule has 2 aromatic heterocycles. The van der Waals surface area contributed by atoms with E-state index in [2.05, 4.69) is 17.0 Å². The van der Waals surface area contributed by atoms with Crippen molar-refractivity contribution < 1.29 is 19.2 Å². The van der Waals surface area contributed by atoms with Crippen molar-refractivity contribution in [1.29, 1.82) is 0 Å². The number of nitro groups is 1. The number of benzene rings is 2. The largest absolute Gasteiger partial charge is 0.425 e. The molecule has 4 aromatic rings. The molecule has 0 radical (unpaired) electrons. The van der Waals surface area contributed by atoms with Crippen molar-refractivity contribution in [2.45, 2.75) is 6.54 Å². The Morgan fingerprint density at radius 2 is 1.74 bits per heavy atom. The third-order valence-electron chi connectivity index (χ3n) is 5.75. The molecule has 1 aliphatic rings. The van der Waals surface area contributed by atoms with E-state index in [1.165, 1.54) is 34.4 Å². The molecule has 0 N–H and O–H groups in total. The van der Waals surface area contributed by atoms with Crippen molar-refractivity contribution >= 4 is 22.8 Å². The summed E-state index contributed by atoms with van der Waals surface area (Å²) in [4.78, 5) is 30.1. The van der Waals surface area contributed by atoms with Crippen LogP contribution in [0.3, 0.4) is 0 Å². The molecule has 9 heteroatoms. The number of non-ortho nitro benzene ring substituents is 1. The van der Waals surface area contributed by atoms with Gasteiger partial charge in [0.15, 0.2) is 0 Å². The molecule has 34 heavy (non-hydrogen) atoms. The van der Waals surface area contributed by atoms with Crippen LogP contribution in [0, 0.1) is 10.1 Å². The highest BCUT2D eigenvalue weighted by Crippen LogP contribution is 2.24. The number of fused-ring (bicyclic) bond motifs is 1. The summed E-state index contributed by atoms with van der Waals surface area (Å²) < 4.78 is 12.1. The Hall–Kier alpha value is -4.08. The molecule has 0 amide bonds. The zero-order valence-corrected chi connectivity index (χ0v) is 18.3. The normalized spacial score (nSPS) is 14.2. The summed E-state index contributed by atoms with van der Waals surface area (Å²) in [5, 5.41) is 11.6. The van der Waals surface area contributed by atoms with Crippen molar-refractivity contribution in [3.8, 4) is 17.0 Å². The van der Waals surface area contributed by atoms with E-state index in [1.807, 2.05) is 24.3 Å². The van der Waals surface area contributed by atoms with Gasteiger partial charge < -0.3 is 9.47 Å². The Labute approximate surface area is 195 Å². The maximum absolute atomic E-state index is 12.7. The molecule has 5 rings (SSSR count). The predicted molar refractivity (Wildman–Crippen MR) is 126 cm³/mol. The highest BCUT2D eigenvalue weighted by atomic mass is 16.6. The highest BCUT2D eigenvalue weighted by molar-refractivity contribution is 5.89. The fraction of sp³-hybridized carbons (Fsp3) is 0.200. The van der Waals surface area contributed by atoms with E-state index in [1.54, 1.807) is 12.3 Å². The first-order chi connectivity index (χ1) is 16.6. The maximum atomic E-state index is 12.7. The van der Waals surface area contributed by atoms with Crippen LogP contribution < -0.4 is 4.74 Å². The second kappa shape index (κ2) is 9.42. The molecule has 0 atom stereocenters. The van der Waals surface area contributed by atoms with Crippen molar-refractivity contribution in [1.82, 2.24) is 14.5 Å². The van der Waals surface area contributed by atoms with Crippen LogP contribution in [-0.2, 0) is 11.3 Å². The number of aromatic nitrogens is 2. The van der Waals surface area contributed by atoms with Crippen LogP contribution in [0.1, 0.15) is 5.56 Å². The van der Waals surface area contributed by atoms with Gasteiger partial charge in [-0.05, 0) is 35.9 Å². The van der Waals surface area contributed by atoms with E-state index < -0.39 is 11.0 Å². The summed E-state index contributed by atoms with van der Waals surface area (Å²) in [7, 11) is 0. The smallest absolute Gasteiger partial charge is 0.410 e. The minimum Gasteiger partial charge on any atom is -0.410 e. The highest BCUT2D eigenvalue weighted by Gasteiger charge is 2.15. The number of rotatable bonds is 5. The van der Waals surface area contributed by atoms with Crippen molar-refractivity contribution in [2.75, 3.05) is 26.3 Å². The van der Waals surface area contributed by atoms with Gasteiger partial charge in [-0.25, -0.2) is 14.3 Å². The van der Waals surface area contributed by atoms with Crippen molar-refractivity contribution in [3.63, 3.8) is 0 Å². The van der Waals surface area contributed by atoms with Gasteiger partial charge in [0.2, 0.25) is 0 Å². The van der Waals surface area contributed by atoms with Crippen LogP contribution in [0.15, 0.2) is 72.9 Å². The number of nitrogens with zero attached hydrogens (tertiary/aromatic N) is 4. The fourth-order valence-electron chi connectivity index (χ4n) is 3.90. The Morgan fingerprint density at radius 3 is 2.44 bits per heavy atom. The van der Waals surface area contributed by atoms with Crippen LogP contribution in [0.25, 0.3) is 22.3 Å². The lowest BCUT2D eigenvalue weighted by atomic mass is 10.1. The lowest BCUT2D eigenvalue weighted by molar-refractivity contribution is -0.384. The molecule has 3 heterocycles.